The lowest BCUT2D eigenvalue weighted by molar-refractivity contribution is -0.384. The average Bonchev–Trinajstić information content (AvgIpc) is 3.01. The largest absolute Gasteiger partial charge is 0.371 e. The summed E-state index contributed by atoms with van der Waals surface area (Å²) in [6.07, 6.45) is 5.10. The summed E-state index contributed by atoms with van der Waals surface area (Å²) in [4.78, 5) is 15.6. The fourth-order valence-corrected chi connectivity index (χ4v) is 3.84. The molecule has 0 saturated heterocycles. The second kappa shape index (κ2) is 5.58. The molecule has 118 valence electrons. The smallest absolute Gasteiger partial charge is 0.288 e. The van der Waals surface area contributed by atoms with Crippen molar-refractivity contribution in [3.05, 3.63) is 61.8 Å². The van der Waals surface area contributed by atoms with Crippen LogP contribution in [0.15, 0.2) is 46.1 Å². The lowest BCUT2D eigenvalue weighted by Crippen LogP contribution is -2.26. The minimum atomic E-state index is -0.425. The summed E-state index contributed by atoms with van der Waals surface area (Å²) in [6, 6.07) is 5.12. The fraction of sp³-hybridized carbons (Fsp3) is 0.353. The van der Waals surface area contributed by atoms with Crippen LogP contribution < -0.4 is 0 Å². The van der Waals surface area contributed by atoms with Gasteiger partial charge in [0, 0.05) is 17.7 Å². The number of ether oxygens (including phenoxy) is 1. The van der Waals surface area contributed by atoms with Gasteiger partial charge in [0.2, 0.25) is 0 Å². The molecular formula is C17H15ClN2O3. The number of hydrogen-bond donors (Lipinski definition) is 0. The molecule has 1 atom stereocenters. The third-order valence-corrected chi connectivity index (χ3v) is 4.97. The number of nitro groups is 1. The van der Waals surface area contributed by atoms with E-state index in [0.29, 0.717) is 13.2 Å². The van der Waals surface area contributed by atoms with Crippen LogP contribution in [0.2, 0.25) is 5.02 Å². The van der Waals surface area contributed by atoms with Crippen LogP contribution in [0, 0.1) is 10.1 Å². The van der Waals surface area contributed by atoms with Crippen LogP contribution >= 0.6 is 11.6 Å². The Labute approximate surface area is 138 Å². The molecule has 4 rings (SSSR count). The predicted molar refractivity (Wildman–Crippen MR) is 88.1 cm³/mol. The summed E-state index contributed by atoms with van der Waals surface area (Å²) in [5.41, 5.74) is 5.38. The van der Waals surface area contributed by atoms with E-state index in [-0.39, 0.29) is 16.6 Å². The lowest BCUT2D eigenvalue weighted by Gasteiger charge is -2.30. The number of aliphatic imine (C=N–C) groups is 1. The highest BCUT2D eigenvalue weighted by molar-refractivity contribution is 6.32. The molecule has 1 aromatic carbocycles. The van der Waals surface area contributed by atoms with Crippen LogP contribution in [0.5, 0.6) is 0 Å². The molecule has 23 heavy (non-hydrogen) atoms. The number of allylic oxidation sites excluding steroid dienone is 2. The van der Waals surface area contributed by atoms with Crippen LogP contribution in [-0.4, -0.2) is 23.8 Å². The van der Waals surface area contributed by atoms with E-state index in [1.807, 2.05) is 6.07 Å². The molecule has 0 saturated carbocycles. The van der Waals surface area contributed by atoms with E-state index in [9.17, 15) is 10.1 Å². The third-order valence-electron chi connectivity index (χ3n) is 4.65. The van der Waals surface area contributed by atoms with Gasteiger partial charge in [0.15, 0.2) is 0 Å². The van der Waals surface area contributed by atoms with Crippen molar-refractivity contribution >= 4 is 23.0 Å². The van der Waals surface area contributed by atoms with Crippen molar-refractivity contribution < 1.29 is 9.66 Å². The topological polar surface area (TPSA) is 64.7 Å². The third kappa shape index (κ3) is 2.40. The Morgan fingerprint density at radius 2 is 2.22 bits per heavy atom. The Balaban J connectivity index is 1.86. The molecule has 0 radical (unpaired) electrons. The van der Waals surface area contributed by atoms with Gasteiger partial charge in [0.05, 0.1) is 23.8 Å². The van der Waals surface area contributed by atoms with Gasteiger partial charge >= 0.3 is 0 Å². The van der Waals surface area contributed by atoms with Gasteiger partial charge in [-0.15, -0.1) is 0 Å². The van der Waals surface area contributed by atoms with E-state index in [4.69, 9.17) is 21.3 Å². The zero-order valence-corrected chi connectivity index (χ0v) is 13.2. The zero-order chi connectivity index (χ0) is 16.0. The van der Waals surface area contributed by atoms with Crippen LogP contribution in [-0.2, 0) is 4.74 Å². The lowest BCUT2D eigenvalue weighted by atomic mass is 9.79. The van der Waals surface area contributed by atoms with Crippen molar-refractivity contribution in [2.45, 2.75) is 25.2 Å². The summed E-state index contributed by atoms with van der Waals surface area (Å²) >= 11 is 5.97. The normalized spacial score (nSPS) is 23.1. The molecule has 1 aliphatic carbocycles. The maximum absolute atomic E-state index is 11.2. The van der Waals surface area contributed by atoms with Crippen LogP contribution in [0.3, 0.4) is 0 Å². The second-order valence-corrected chi connectivity index (χ2v) is 6.37. The van der Waals surface area contributed by atoms with Crippen molar-refractivity contribution in [3.63, 3.8) is 0 Å². The molecule has 0 N–H and O–H groups in total. The van der Waals surface area contributed by atoms with Gasteiger partial charge in [-0.2, -0.15) is 0 Å². The molecule has 5 nitrogen and oxygen atoms in total. The highest BCUT2D eigenvalue weighted by atomic mass is 35.5. The van der Waals surface area contributed by atoms with Crippen LogP contribution in [0.4, 0.5) is 5.69 Å². The molecular weight excluding hydrogens is 316 g/mol. The van der Waals surface area contributed by atoms with E-state index in [1.165, 1.54) is 5.57 Å². The summed E-state index contributed by atoms with van der Waals surface area (Å²) in [5.74, 6) is 0.0415. The van der Waals surface area contributed by atoms with Crippen molar-refractivity contribution in [1.82, 2.24) is 0 Å². The molecule has 0 aromatic heterocycles. The molecule has 2 heterocycles. The summed E-state index contributed by atoms with van der Waals surface area (Å²) in [7, 11) is 0. The van der Waals surface area contributed by atoms with Gasteiger partial charge in [-0.25, -0.2) is 0 Å². The van der Waals surface area contributed by atoms with E-state index in [2.05, 4.69) is 6.08 Å². The van der Waals surface area contributed by atoms with Gasteiger partial charge in [-0.05, 0) is 42.0 Å². The minimum Gasteiger partial charge on any atom is -0.371 e. The molecule has 0 amide bonds. The zero-order valence-electron chi connectivity index (χ0n) is 12.4. The van der Waals surface area contributed by atoms with Crippen LogP contribution in [0.25, 0.3) is 0 Å². The first-order valence-electron chi connectivity index (χ1n) is 7.66. The molecule has 0 fully saturated rings. The van der Waals surface area contributed by atoms with E-state index in [1.54, 1.807) is 12.1 Å². The van der Waals surface area contributed by atoms with Gasteiger partial charge in [-0.1, -0.05) is 23.7 Å². The number of nitrogens with zero attached hydrogens (tertiary/aromatic N) is 2. The highest BCUT2D eigenvalue weighted by Crippen LogP contribution is 2.46. The Hall–Kier alpha value is -1.98. The monoisotopic (exact) mass is 330 g/mol. The van der Waals surface area contributed by atoms with Crippen molar-refractivity contribution in [2.24, 2.45) is 4.99 Å². The molecule has 0 spiro atoms. The van der Waals surface area contributed by atoms with Crippen molar-refractivity contribution in [3.8, 4) is 0 Å². The first kappa shape index (κ1) is 14.6. The first-order valence-corrected chi connectivity index (χ1v) is 8.04. The first-order chi connectivity index (χ1) is 11.1. The summed E-state index contributed by atoms with van der Waals surface area (Å²) in [6.45, 7) is 1.07. The maximum atomic E-state index is 11.2. The van der Waals surface area contributed by atoms with E-state index in [0.717, 1.165) is 41.8 Å². The van der Waals surface area contributed by atoms with Gasteiger partial charge in [0.1, 0.15) is 5.02 Å². The average molecular weight is 331 g/mol. The molecule has 3 aliphatic rings. The highest BCUT2D eigenvalue weighted by Gasteiger charge is 2.35. The predicted octanol–water partition coefficient (Wildman–Crippen LogP) is 4.18. The number of nitro benzene ring substituents is 1. The van der Waals surface area contributed by atoms with E-state index < -0.39 is 4.92 Å². The fourth-order valence-electron chi connectivity index (χ4n) is 3.66. The number of rotatable bonds is 2. The molecule has 1 unspecified atom stereocenters. The number of fused-ring (bicyclic) bond motifs is 1. The van der Waals surface area contributed by atoms with Crippen molar-refractivity contribution in [1.29, 1.82) is 0 Å². The Bertz CT molecular complexity index is 795. The Morgan fingerprint density at radius 1 is 1.35 bits per heavy atom. The maximum Gasteiger partial charge on any atom is 0.288 e. The van der Waals surface area contributed by atoms with Crippen LogP contribution in [0.1, 0.15) is 30.7 Å². The Morgan fingerprint density at radius 3 is 3.04 bits per heavy atom. The molecule has 2 aliphatic heterocycles. The quantitative estimate of drug-likeness (QED) is 0.603. The standard InChI is InChI=1S/C17H15ClN2O3/c18-13-5-4-10(8-16(13)20(21)22)17-11-2-1-3-14(11)19-15-9-23-7-6-12(15)17/h4-6,8,17H,1-3,7,9H2. The minimum absolute atomic E-state index is 0.0407. The number of hydrogen-bond acceptors (Lipinski definition) is 4. The van der Waals surface area contributed by atoms with Gasteiger partial charge in [0.25, 0.3) is 5.69 Å². The molecule has 6 heteroatoms. The molecule has 0 bridgehead atoms. The van der Waals surface area contributed by atoms with Crippen molar-refractivity contribution in [2.75, 3.05) is 13.2 Å². The molecule has 1 aromatic rings. The van der Waals surface area contributed by atoms with Gasteiger partial charge < -0.3 is 4.74 Å². The Kier molecular flexibility index (Phi) is 3.54. The number of benzene rings is 1. The SMILES string of the molecule is O=[N+]([O-])c1cc(C2C3=CCOCC3=NC3=C2CCC3)ccc1Cl. The second-order valence-electron chi connectivity index (χ2n) is 5.96. The summed E-state index contributed by atoms with van der Waals surface area (Å²) in [5, 5.41) is 11.4. The summed E-state index contributed by atoms with van der Waals surface area (Å²) < 4.78 is 5.49. The number of halogens is 1. The van der Waals surface area contributed by atoms with E-state index >= 15 is 0 Å². The van der Waals surface area contributed by atoms with Gasteiger partial charge in [-0.3, -0.25) is 15.1 Å².